The molecule has 0 saturated heterocycles. The fourth-order valence-corrected chi connectivity index (χ4v) is 5.80. The molecule has 2 heterocycles. The monoisotopic (exact) mass is 428 g/mol. The molecule has 160 valence electrons. The van der Waals surface area contributed by atoms with Crippen molar-refractivity contribution in [1.82, 2.24) is 4.57 Å². The van der Waals surface area contributed by atoms with E-state index in [9.17, 15) is 0 Å². The maximum atomic E-state index is 3.68. The number of hydrogen-bond acceptors (Lipinski definition) is 2. The molecule has 5 aromatic rings. The number of unbranched alkanes of at least 4 members (excludes halogenated alkanes) is 5. The van der Waals surface area contributed by atoms with Gasteiger partial charge in [-0.15, -0.1) is 11.3 Å². The third-order valence-electron chi connectivity index (χ3n) is 6.59. The van der Waals surface area contributed by atoms with Gasteiger partial charge in [0, 0.05) is 28.6 Å². The summed E-state index contributed by atoms with van der Waals surface area (Å²) >= 11 is 1.89. The van der Waals surface area contributed by atoms with Crippen LogP contribution in [0.25, 0.3) is 42.5 Å². The lowest BCUT2D eigenvalue weighted by Crippen LogP contribution is -2.05. The highest BCUT2D eigenvalue weighted by Crippen LogP contribution is 2.36. The van der Waals surface area contributed by atoms with E-state index in [1.807, 2.05) is 11.3 Å². The van der Waals surface area contributed by atoms with Crippen LogP contribution in [0.4, 0.5) is 5.82 Å². The molecule has 31 heavy (non-hydrogen) atoms. The Bertz CT molecular complexity index is 1370. The summed E-state index contributed by atoms with van der Waals surface area (Å²) in [4.78, 5) is 1.38. The Morgan fingerprint density at radius 2 is 1.48 bits per heavy atom. The van der Waals surface area contributed by atoms with Crippen molar-refractivity contribution in [3.05, 3.63) is 53.4 Å². The average Bonchev–Trinajstić information content (AvgIpc) is 3.28. The van der Waals surface area contributed by atoms with E-state index in [0.717, 1.165) is 6.54 Å². The van der Waals surface area contributed by atoms with Gasteiger partial charge in [-0.25, -0.2) is 0 Å². The molecule has 1 N–H and O–H groups in total. The van der Waals surface area contributed by atoms with Crippen LogP contribution in [-0.4, -0.2) is 11.1 Å². The van der Waals surface area contributed by atoms with Crippen LogP contribution >= 0.6 is 11.3 Å². The predicted molar refractivity (Wildman–Crippen MR) is 140 cm³/mol. The van der Waals surface area contributed by atoms with Crippen LogP contribution in [0.2, 0.25) is 0 Å². The van der Waals surface area contributed by atoms with Crippen LogP contribution in [0.15, 0.2) is 48.5 Å². The summed E-state index contributed by atoms with van der Waals surface area (Å²) in [5, 5.41) is 11.7. The molecule has 0 fully saturated rings. The highest BCUT2D eigenvalue weighted by atomic mass is 32.1. The van der Waals surface area contributed by atoms with Crippen molar-refractivity contribution in [3.8, 4) is 0 Å². The molecule has 2 aromatic heterocycles. The molecule has 5 rings (SSSR count). The number of nitrogens with zero attached hydrogens (tertiary/aromatic N) is 1. The number of hydrogen-bond donors (Lipinski definition) is 1. The molecule has 0 bridgehead atoms. The fourth-order valence-electron chi connectivity index (χ4n) is 4.85. The first-order valence-electron chi connectivity index (χ1n) is 11.7. The van der Waals surface area contributed by atoms with Crippen molar-refractivity contribution in [1.29, 1.82) is 0 Å². The molecule has 2 nitrogen and oxygen atoms in total. The van der Waals surface area contributed by atoms with E-state index in [2.05, 4.69) is 79.3 Å². The lowest BCUT2D eigenvalue weighted by molar-refractivity contribution is 0.616. The van der Waals surface area contributed by atoms with E-state index in [1.54, 1.807) is 0 Å². The molecule has 0 unspecified atom stereocenters. The molecular weight excluding hydrogens is 396 g/mol. The lowest BCUT2D eigenvalue weighted by atomic mass is 9.99. The standard InChI is InChI=1S/C28H32N2S/c1-4-5-6-7-8-9-12-29-28-16-22-14-20-10-11-21-15-23-13-19(2)31-27(23)18-25(21)24(20)17-26(22)30(28)3/h10-11,13-18,29H,4-9,12H2,1-3H3. The summed E-state index contributed by atoms with van der Waals surface area (Å²) < 4.78 is 3.70. The molecule has 0 spiro atoms. The minimum absolute atomic E-state index is 1.05. The van der Waals surface area contributed by atoms with E-state index in [-0.39, 0.29) is 0 Å². The molecule has 3 heteroatoms. The topological polar surface area (TPSA) is 17.0 Å². The SMILES string of the molecule is CCCCCCCCNc1cc2cc3ccc4cc5cc(C)sc5cc4c3cc2n1C. The second-order valence-electron chi connectivity index (χ2n) is 8.95. The van der Waals surface area contributed by atoms with Crippen molar-refractivity contribution in [2.24, 2.45) is 7.05 Å². The second-order valence-corrected chi connectivity index (χ2v) is 10.2. The van der Waals surface area contributed by atoms with E-state index >= 15 is 0 Å². The van der Waals surface area contributed by atoms with E-state index in [0.29, 0.717) is 0 Å². The Balaban J connectivity index is 1.46. The van der Waals surface area contributed by atoms with E-state index < -0.39 is 0 Å². The third-order valence-corrected chi connectivity index (χ3v) is 7.61. The number of anilines is 1. The van der Waals surface area contributed by atoms with Crippen molar-refractivity contribution >= 4 is 59.7 Å². The molecule has 0 atom stereocenters. The number of thiophene rings is 1. The molecule has 0 aliphatic heterocycles. The van der Waals surface area contributed by atoms with Gasteiger partial charge in [0.15, 0.2) is 0 Å². The van der Waals surface area contributed by atoms with Gasteiger partial charge in [0.2, 0.25) is 0 Å². The molecule has 3 aromatic carbocycles. The quantitative estimate of drug-likeness (QED) is 0.193. The number of aromatic nitrogens is 1. The average molecular weight is 429 g/mol. The van der Waals surface area contributed by atoms with Crippen LogP contribution in [0, 0.1) is 6.92 Å². The van der Waals surface area contributed by atoms with Gasteiger partial charge < -0.3 is 9.88 Å². The zero-order valence-electron chi connectivity index (χ0n) is 18.9. The largest absolute Gasteiger partial charge is 0.371 e. The Morgan fingerprint density at radius 1 is 0.774 bits per heavy atom. The smallest absolute Gasteiger partial charge is 0.106 e. The van der Waals surface area contributed by atoms with Gasteiger partial charge in [-0.1, -0.05) is 51.2 Å². The van der Waals surface area contributed by atoms with Crippen LogP contribution in [0.3, 0.4) is 0 Å². The lowest BCUT2D eigenvalue weighted by Gasteiger charge is -2.09. The van der Waals surface area contributed by atoms with Gasteiger partial charge in [-0.2, -0.15) is 0 Å². The summed E-state index contributed by atoms with van der Waals surface area (Å²) in [6, 6.07) is 18.6. The first-order valence-corrected chi connectivity index (χ1v) is 12.6. The predicted octanol–water partition coefficient (Wildman–Crippen LogP) is 8.78. The molecule has 0 aliphatic rings. The number of rotatable bonds is 8. The van der Waals surface area contributed by atoms with Gasteiger partial charge in [0.1, 0.15) is 5.82 Å². The van der Waals surface area contributed by atoms with E-state index in [1.165, 1.54) is 91.8 Å². The van der Waals surface area contributed by atoms with Crippen molar-refractivity contribution < 1.29 is 0 Å². The van der Waals surface area contributed by atoms with Crippen LogP contribution in [0.5, 0.6) is 0 Å². The van der Waals surface area contributed by atoms with E-state index in [4.69, 9.17) is 0 Å². The van der Waals surface area contributed by atoms with Crippen LogP contribution in [-0.2, 0) is 7.05 Å². The summed E-state index contributed by atoms with van der Waals surface area (Å²) in [5.41, 5.74) is 1.30. The number of aryl methyl sites for hydroxylation is 2. The van der Waals surface area contributed by atoms with Gasteiger partial charge in [0.25, 0.3) is 0 Å². The minimum atomic E-state index is 1.05. The summed E-state index contributed by atoms with van der Waals surface area (Å²) in [6.07, 6.45) is 7.99. The highest BCUT2D eigenvalue weighted by Gasteiger charge is 2.10. The first-order chi connectivity index (χ1) is 15.1. The Hall–Kier alpha value is -2.52. The van der Waals surface area contributed by atoms with Gasteiger partial charge in [0.05, 0.1) is 5.52 Å². The van der Waals surface area contributed by atoms with Gasteiger partial charge >= 0.3 is 0 Å². The maximum absolute atomic E-state index is 3.68. The molecule has 0 radical (unpaired) electrons. The third kappa shape index (κ3) is 3.92. The van der Waals surface area contributed by atoms with Crippen molar-refractivity contribution in [2.75, 3.05) is 11.9 Å². The zero-order chi connectivity index (χ0) is 21.4. The molecule has 0 aliphatic carbocycles. The summed E-state index contributed by atoms with van der Waals surface area (Å²) in [6.45, 7) is 5.52. The van der Waals surface area contributed by atoms with Crippen molar-refractivity contribution in [3.63, 3.8) is 0 Å². The normalized spacial score (nSPS) is 12.0. The Labute approximate surface area is 188 Å². The summed E-state index contributed by atoms with van der Waals surface area (Å²) in [7, 11) is 2.18. The van der Waals surface area contributed by atoms with Gasteiger partial charge in [-0.3, -0.25) is 0 Å². The zero-order valence-corrected chi connectivity index (χ0v) is 19.7. The minimum Gasteiger partial charge on any atom is -0.371 e. The van der Waals surface area contributed by atoms with Crippen molar-refractivity contribution in [2.45, 2.75) is 52.4 Å². The van der Waals surface area contributed by atoms with Crippen LogP contribution in [0.1, 0.15) is 50.3 Å². The van der Waals surface area contributed by atoms with Gasteiger partial charge in [-0.05, 0) is 76.7 Å². The number of fused-ring (bicyclic) bond motifs is 5. The maximum Gasteiger partial charge on any atom is 0.106 e. The Morgan fingerprint density at radius 3 is 2.29 bits per heavy atom. The summed E-state index contributed by atoms with van der Waals surface area (Å²) in [5.74, 6) is 1.22. The fraction of sp³-hybridized carbons (Fsp3) is 0.357. The highest BCUT2D eigenvalue weighted by molar-refractivity contribution is 7.19. The molecule has 0 saturated carbocycles. The van der Waals surface area contributed by atoms with Crippen LogP contribution < -0.4 is 5.32 Å². The first kappa shape index (κ1) is 20.4. The second kappa shape index (κ2) is 8.55. The molecule has 0 amide bonds. The Kier molecular flexibility index (Phi) is 5.62. The number of nitrogens with one attached hydrogen (secondary N) is 1. The number of benzene rings is 3. The molecular formula is C28H32N2S.